The number of aliphatic carboxylic acids is 1. The third-order valence-corrected chi connectivity index (χ3v) is 6.04. The molecule has 0 spiro atoms. The fraction of sp³-hybridized carbons (Fsp3) is 0.321. The number of nitrogens with zero attached hydrogens (tertiary/aromatic N) is 2. The molecule has 0 aromatic heterocycles. The molecule has 0 bridgehead atoms. The number of hydrogen-bond donors (Lipinski definition) is 2. The lowest BCUT2D eigenvalue weighted by atomic mass is 10.2. The molecule has 0 radical (unpaired) electrons. The summed E-state index contributed by atoms with van der Waals surface area (Å²) in [5, 5.41) is 11.8. The van der Waals surface area contributed by atoms with Crippen LogP contribution in [0.2, 0.25) is 0 Å². The molecule has 34 heavy (non-hydrogen) atoms. The maximum absolute atomic E-state index is 10.8. The number of benzene rings is 3. The van der Waals surface area contributed by atoms with Gasteiger partial charge in [0.2, 0.25) is 0 Å². The monoisotopic (exact) mass is 459 g/mol. The van der Waals surface area contributed by atoms with Gasteiger partial charge in [-0.15, -0.1) is 0 Å². The van der Waals surface area contributed by atoms with Gasteiger partial charge in [0.1, 0.15) is 18.9 Å². The van der Waals surface area contributed by atoms with Crippen LogP contribution in [0.5, 0.6) is 5.75 Å². The lowest BCUT2D eigenvalue weighted by Gasteiger charge is -2.22. The van der Waals surface area contributed by atoms with Gasteiger partial charge in [0.15, 0.2) is 0 Å². The Morgan fingerprint density at radius 1 is 0.794 bits per heavy atom. The molecular formula is C28H33N3O3. The normalized spacial score (nSPS) is 14.9. The molecule has 1 aliphatic rings. The van der Waals surface area contributed by atoms with Crippen molar-refractivity contribution in [1.82, 2.24) is 9.80 Å². The van der Waals surface area contributed by atoms with E-state index in [1.165, 1.54) is 16.7 Å². The van der Waals surface area contributed by atoms with Crippen LogP contribution in [-0.2, 0) is 24.5 Å². The first-order chi connectivity index (χ1) is 16.6. The SMILES string of the molecule is O=C(O)CNc1cccc(CN2CCCN(Cc3ccc(OCc4ccccc4)cc3)CC2)c1. The Morgan fingerprint density at radius 2 is 1.47 bits per heavy atom. The molecule has 178 valence electrons. The number of carboxylic acid groups (broad SMARTS) is 1. The number of hydrogen-bond acceptors (Lipinski definition) is 5. The van der Waals surface area contributed by atoms with Gasteiger partial charge in [-0.25, -0.2) is 0 Å². The molecule has 0 amide bonds. The van der Waals surface area contributed by atoms with Crippen molar-refractivity contribution in [3.63, 3.8) is 0 Å². The standard InChI is InChI=1S/C28H33N3O3/c32-28(33)19-29-26-9-4-8-25(18-26)21-31-15-5-14-30(16-17-31)20-23-10-12-27(13-11-23)34-22-24-6-2-1-3-7-24/h1-4,6-13,18,29H,5,14-17,19-22H2,(H,32,33). The van der Waals surface area contributed by atoms with Crippen LogP contribution in [0.1, 0.15) is 23.1 Å². The Bertz CT molecular complexity index is 1040. The van der Waals surface area contributed by atoms with Gasteiger partial charge in [0, 0.05) is 31.9 Å². The molecule has 6 nitrogen and oxygen atoms in total. The molecule has 2 N–H and O–H groups in total. The molecule has 0 unspecified atom stereocenters. The van der Waals surface area contributed by atoms with E-state index in [0.29, 0.717) is 6.61 Å². The summed E-state index contributed by atoms with van der Waals surface area (Å²) >= 11 is 0. The van der Waals surface area contributed by atoms with Crippen LogP contribution in [0.15, 0.2) is 78.9 Å². The van der Waals surface area contributed by atoms with Crippen molar-refractivity contribution in [1.29, 1.82) is 0 Å². The highest BCUT2D eigenvalue weighted by Gasteiger charge is 2.15. The smallest absolute Gasteiger partial charge is 0.322 e. The van der Waals surface area contributed by atoms with E-state index in [0.717, 1.165) is 57.1 Å². The maximum atomic E-state index is 10.8. The van der Waals surface area contributed by atoms with E-state index in [4.69, 9.17) is 9.84 Å². The van der Waals surface area contributed by atoms with Gasteiger partial charge in [-0.1, -0.05) is 54.6 Å². The van der Waals surface area contributed by atoms with E-state index < -0.39 is 5.97 Å². The van der Waals surface area contributed by atoms with Gasteiger partial charge in [0.25, 0.3) is 0 Å². The Balaban J connectivity index is 1.23. The van der Waals surface area contributed by atoms with E-state index in [9.17, 15) is 4.79 Å². The highest BCUT2D eigenvalue weighted by Crippen LogP contribution is 2.18. The minimum atomic E-state index is -0.854. The lowest BCUT2D eigenvalue weighted by molar-refractivity contribution is -0.134. The third kappa shape index (κ3) is 7.61. The molecule has 1 aliphatic heterocycles. The molecule has 0 atom stereocenters. The molecule has 4 rings (SSSR count). The molecular weight excluding hydrogens is 426 g/mol. The summed E-state index contributed by atoms with van der Waals surface area (Å²) in [4.78, 5) is 15.8. The first-order valence-corrected chi connectivity index (χ1v) is 11.9. The Labute approximate surface area is 201 Å². The Hall–Kier alpha value is -3.35. The van der Waals surface area contributed by atoms with Gasteiger partial charge in [-0.2, -0.15) is 0 Å². The minimum Gasteiger partial charge on any atom is -0.489 e. The van der Waals surface area contributed by atoms with Crippen molar-refractivity contribution >= 4 is 11.7 Å². The van der Waals surface area contributed by atoms with Crippen LogP contribution in [-0.4, -0.2) is 53.6 Å². The molecule has 1 heterocycles. The van der Waals surface area contributed by atoms with Crippen LogP contribution in [0.3, 0.4) is 0 Å². The first-order valence-electron chi connectivity index (χ1n) is 11.9. The van der Waals surface area contributed by atoms with Crippen LogP contribution in [0.4, 0.5) is 5.69 Å². The summed E-state index contributed by atoms with van der Waals surface area (Å²) in [6, 6.07) is 26.7. The predicted molar refractivity (Wildman–Crippen MR) is 135 cm³/mol. The summed E-state index contributed by atoms with van der Waals surface area (Å²) < 4.78 is 5.91. The molecule has 1 saturated heterocycles. The fourth-order valence-electron chi connectivity index (χ4n) is 4.25. The number of carboxylic acids is 1. The van der Waals surface area contributed by atoms with Crippen molar-refractivity contribution < 1.29 is 14.6 Å². The van der Waals surface area contributed by atoms with E-state index >= 15 is 0 Å². The van der Waals surface area contributed by atoms with Gasteiger partial charge in [-0.05, 0) is 60.5 Å². The second-order valence-corrected chi connectivity index (χ2v) is 8.77. The zero-order chi connectivity index (χ0) is 23.6. The highest BCUT2D eigenvalue weighted by atomic mass is 16.5. The maximum Gasteiger partial charge on any atom is 0.322 e. The number of nitrogens with one attached hydrogen (secondary N) is 1. The fourth-order valence-corrected chi connectivity index (χ4v) is 4.25. The lowest BCUT2D eigenvalue weighted by Crippen LogP contribution is -2.30. The van der Waals surface area contributed by atoms with Crippen LogP contribution in [0.25, 0.3) is 0 Å². The molecule has 1 fully saturated rings. The number of anilines is 1. The zero-order valence-corrected chi connectivity index (χ0v) is 19.5. The van der Waals surface area contributed by atoms with E-state index in [-0.39, 0.29) is 6.54 Å². The quantitative estimate of drug-likeness (QED) is 0.466. The van der Waals surface area contributed by atoms with Crippen molar-refractivity contribution in [2.45, 2.75) is 26.1 Å². The molecule has 0 saturated carbocycles. The van der Waals surface area contributed by atoms with E-state index in [1.54, 1.807) is 0 Å². The Kier molecular flexibility index (Phi) is 8.54. The summed E-state index contributed by atoms with van der Waals surface area (Å²) in [6.07, 6.45) is 1.13. The van der Waals surface area contributed by atoms with Gasteiger partial charge >= 0.3 is 5.97 Å². The molecule has 3 aromatic rings. The predicted octanol–water partition coefficient (Wildman–Crippen LogP) is 4.47. The van der Waals surface area contributed by atoms with Crippen LogP contribution >= 0.6 is 0 Å². The van der Waals surface area contributed by atoms with Crippen LogP contribution in [0, 0.1) is 0 Å². The number of ether oxygens (including phenoxy) is 1. The van der Waals surface area contributed by atoms with E-state index in [1.807, 2.05) is 36.4 Å². The zero-order valence-electron chi connectivity index (χ0n) is 19.5. The second-order valence-electron chi connectivity index (χ2n) is 8.77. The van der Waals surface area contributed by atoms with Gasteiger partial charge in [-0.3, -0.25) is 14.6 Å². The minimum absolute atomic E-state index is 0.0672. The largest absolute Gasteiger partial charge is 0.489 e. The topological polar surface area (TPSA) is 65.0 Å². The van der Waals surface area contributed by atoms with E-state index in [2.05, 4.69) is 57.6 Å². The van der Waals surface area contributed by atoms with Gasteiger partial charge < -0.3 is 15.2 Å². The van der Waals surface area contributed by atoms with Crippen LogP contribution < -0.4 is 10.1 Å². The average Bonchev–Trinajstić information content (AvgIpc) is 3.08. The van der Waals surface area contributed by atoms with Gasteiger partial charge in [0.05, 0.1) is 0 Å². The number of rotatable bonds is 10. The summed E-state index contributed by atoms with van der Waals surface area (Å²) in [7, 11) is 0. The molecule has 3 aromatic carbocycles. The highest BCUT2D eigenvalue weighted by molar-refractivity contribution is 5.72. The van der Waals surface area contributed by atoms with Crippen molar-refractivity contribution in [3.8, 4) is 5.75 Å². The number of carbonyl (C=O) groups is 1. The van der Waals surface area contributed by atoms with Crippen molar-refractivity contribution in [2.75, 3.05) is 38.0 Å². The molecule has 0 aliphatic carbocycles. The third-order valence-electron chi connectivity index (χ3n) is 6.04. The average molecular weight is 460 g/mol. The Morgan fingerprint density at radius 3 is 2.18 bits per heavy atom. The van der Waals surface area contributed by atoms with Crippen molar-refractivity contribution in [3.05, 3.63) is 95.6 Å². The summed E-state index contributed by atoms with van der Waals surface area (Å²) in [5.74, 6) is 0.0436. The van der Waals surface area contributed by atoms with Crippen molar-refractivity contribution in [2.24, 2.45) is 0 Å². The second kappa shape index (κ2) is 12.2. The first kappa shape index (κ1) is 23.8. The molecule has 6 heteroatoms. The summed E-state index contributed by atoms with van der Waals surface area (Å²) in [5.41, 5.74) is 4.53. The summed E-state index contributed by atoms with van der Waals surface area (Å²) in [6.45, 7) is 6.54.